The van der Waals surface area contributed by atoms with Gasteiger partial charge in [-0.15, -0.1) is 0 Å². The van der Waals surface area contributed by atoms with Crippen molar-refractivity contribution in [3.05, 3.63) is 30.3 Å². The van der Waals surface area contributed by atoms with Crippen molar-refractivity contribution in [3.63, 3.8) is 0 Å². The predicted octanol–water partition coefficient (Wildman–Crippen LogP) is 0.978. The third-order valence-electron chi connectivity index (χ3n) is 5.25. The summed E-state index contributed by atoms with van der Waals surface area (Å²) < 4.78 is 0. The molecule has 1 heterocycles. The molecule has 3 rings (SSSR count). The molecule has 2 aliphatic rings. The van der Waals surface area contributed by atoms with Crippen molar-refractivity contribution in [2.75, 3.05) is 31.5 Å². The van der Waals surface area contributed by atoms with Gasteiger partial charge in [0, 0.05) is 30.7 Å². The minimum atomic E-state index is -0.142. The molecule has 1 saturated heterocycles. The first-order valence-corrected chi connectivity index (χ1v) is 9.65. The number of hydrogen-bond donors (Lipinski definition) is 3. The number of piperidine rings is 1. The first kappa shape index (κ1) is 19.4. The second kappa shape index (κ2) is 8.99. The van der Waals surface area contributed by atoms with Crippen molar-refractivity contribution in [2.45, 2.75) is 32.2 Å². The van der Waals surface area contributed by atoms with Crippen LogP contribution < -0.4 is 16.0 Å². The van der Waals surface area contributed by atoms with E-state index in [1.54, 1.807) is 0 Å². The summed E-state index contributed by atoms with van der Waals surface area (Å²) in [5.74, 6) is 0.342. The van der Waals surface area contributed by atoms with E-state index in [-0.39, 0.29) is 36.2 Å². The molecule has 7 nitrogen and oxygen atoms in total. The Balaban J connectivity index is 1.31. The molecule has 27 heavy (non-hydrogen) atoms. The fourth-order valence-corrected chi connectivity index (χ4v) is 3.43. The SMILES string of the molecule is C[C@@H]1C[C@@H]1C(=O)NCC(=O)NC1CCN(CC(=O)Nc2ccccc2)CC1. The quantitative estimate of drug-likeness (QED) is 0.665. The van der Waals surface area contributed by atoms with Crippen LogP contribution in [0.1, 0.15) is 26.2 Å². The summed E-state index contributed by atoms with van der Waals surface area (Å²) in [7, 11) is 0. The zero-order valence-electron chi connectivity index (χ0n) is 15.7. The van der Waals surface area contributed by atoms with Crippen LogP contribution in [0.3, 0.4) is 0 Å². The van der Waals surface area contributed by atoms with Crippen LogP contribution in [0.5, 0.6) is 0 Å². The van der Waals surface area contributed by atoms with Gasteiger partial charge in [0.25, 0.3) is 0 Å². The van der Waals surface area contributed by atoms with Gasteiger partial charge in [-0.1, -0.05) is 25.1 Å². The van der Waals surface area contributed by atoms with Crippen LogP contribution in [-0.2, 0) is 14.4 Å². The van der Waals surface area contributed by atoms with Crippen LogP contribution >= 0.6 is 0 Å². The Morgan fingerprint density at radius 1 is 1.07 bits per heavy atom. The molecule has 0 aromatic heterocycles. The fraction of sp³-hybridized carbons (Fsp3) is 0.550. The van der Waals surface area contributed by atoms with Gasteiger partial charge in [-0.2, -0.15) is 0 Å². The van der Waals surface area contributed by atoms with Gasteiger partial charge in [0.2, 0.25) is 17.7 Å². The number of para-hydroxylation sites is 1. The standard InChI is InChI=1S/C20H28N4O3/c1-14-11-17(14)20(27)21-12-18(25)22-16-7-9-24(10-8-16)13-19(26)23-15-5-3-2-4-6-15/h2-6,14,16-17H,7-13H2,1H3,(H,21,27)(H,22,25)(H,23,26)/t14-,17+/m1/s1. The van der Waals surface area contributed by atoms with E-state index in [2.05, 4.69) is 20.9 Å². The number of hydrogen-bond acceptors (Lipinski definition) is 4. The van der Waals surface area contributed by atoms with Gasteiger partial charge in [0.15, 0.2) is 0 Å². The molecular formula is C20H28N4O3. The summed E-state index contributed by atoms with van der Waals surface area (Å²) in [6, 6.07) is 9.51. The number of carbonyl (C=O) groups is 3. The summed E-state index contributed by atoms with van der Waals surface area (Å²) >= 11 is 0. The second-order valence-corrected chi connectivity index (χ2v) is 7.57. The number of rotatable bonds is 7. The van der Waals surface area contributed by atoms with Crippen LogP contribution in [0, 0.1) is 11.8 Å². The molecule has 7 heteroatoms. The Bertz CT molecular complexity index is 671. The van der Waals surface area contributed by atoms with E-state index >= 15 is 0 Å². The largest absolute Gasteiger partial charge is 0.352 e. The fourth-order valence-electron chi connectivity index (χ4n) is 3.43. The topological polar surface area (TPSA) is 90.5 Å². The molecular weight excluding hydrogens is 344 g/mol. The Morgan fingerprint density at radius 2 is 1.74 bits per heavy atom. The number of benzene rings is 1. The van der Waals surface area contributed by atoms with E-state index in [0.29, 0.717) is 12.5 Å². The number of nitrogens with one attached hydrogen (secondary N) is 3. The van der Waals surface area contributed by atoms with Gasteiger partial charge in [0.05, 0.1) is 13.1 Å². The lowest BCUT2D eigenvalue weighted by Gasteiger charge is -2.31. The van der Waals surface area contributed by atoms with E-state index in [9.17, 15) is 14.4 Å². The molecule has 2 atom stereocenters. The summed E-state index contributed by atoms with van der Waals surface area (Å²) in [6.07, 6.45) is 2.53. The Hall–Kier alpha value is -2.41. The summed E-state index contributed by atoms with van der Waals surface area (Å²) in [5, 5.41) is 8.57. The van der Waals surface area contributed by atoms with E-state index in [1.165, 1.54) is 0 Å². The average molecular weight is 372 g/mol. The maximum atomic E-state index is 12.1. The van der Waals surface area contributed by atoms with E-state index in [0.717, 1.165) is 38.0 Å². The molecule has 1 aliphatic heterocycles. The minimum Gasteiger partial charge on any atom is -0.352 e. The number of likely N-dealkylation sites (tertiary alicyclic amines) is 1. The van der Waals surface area contributed by atoms with Gasteiger partial charge < -0.3 is 16.0 Å². The van der Waals surface area contributed by atoms with Crippen LogP contribution in [0.15, 0.2) is 30.3 Å². The maximum absolute atomic E-state index is 12.1. The smallest absolute Gasteiger partial charge is 0.239 e. The molecule has 1 aromatic rings. The Kier molecular flexibility index (Phi) is 6.45. The molecule has 0 spiro atoms. The molecule has 0 radical (unpaired) electrons. The van der Waals surface area contributed by atoms with E-state index in [1.807, 2.05) is 37.3 Å². The maximum Gasteiger partial charge on any atom is 0.239 e. The summed E-state index contributed by atoms with van der Waals surface area (Å²) in [5.41, 5.74) is 0.798. The molecule has 1 aromatic carbocycles. The first-order chi connectivity index (χ1) is 13.0. The van der Waals surface area contributed by atoms with Crippen molar-refractivity contribution in [2.24, 2.45) is 11.8 Å². The molecule has 1 saturated carbocycles. The summed E-state index contributed by atoms with van der Waals surface area (Å²) in [4.78, 5) is 38.0. The lowest BCUT2D eigenvalue weighted by Crippen LogP contribution is -2.48. The lowest BCUT2D eigenvalue weighted by molar-refractivity contribution is -0.127. The number of amides is 3. The zero-order valence-corrected chi connectivity index (χ0v) is 15.7. The van der Waals surface area contributed by atoms with Gasteiger partial charge in [-0.25, -0.2) is 0 Å². The Morgan fingerprint density at radius 3 is 2.37 bits per heavy atom. The van der Waals surface area contributed by atoms with E-state index in [4.69, 9.17) is 0 Å². The van der Waals surface area contributed by atoms with Gasteiger partial charge in [-0.3, -0.25) is 19.3 Å². The monoisotopic (exact) mass is 372 g/mol. The van der Waals surface area contributed by atoms with Gasteiger partial charge in [0.1, 0.15) is 0 Å². The summed E-state index contributed by atoms with van der Waals surface area (Å²) in [6.45, 7) is 3.96. The number of anilines is 1. The van der Waals surface area contributed by atoms with Crippen LogP contribution in [0.25, 0.3) is 0 Å². The molecule has 3 N–H and O–H groups in total. The molecule has 0 unspecified atom stereocenters. The highest BCUT2D eigenvalue weighted by Gasteiger charge is 2.39. The van der Waals surface area contributed by atoms with Crippen LogP contribution in [0.4, 0.5) is 5.69 Å². The average Bonchev–Trinajstić information content (AvgIpc) is 3.39. The van der Waals surface area contributed by atoms with Crippen molar-refractivity contribution in [1.29, 1.82) is 0 Å². The van der Waals surface area contributed by atoms with Crippen LogP contribution in [-0.4, -0.2) is 54.8 Å². The second-order valence-electron chi connectivity index (χ2n) is 7.57. The normalized spacial score (nSPS) is 22.7. The lowest BCUT2D eigenvalue weighted by atomic mass is 10.0. The molecule has 1 aliphatic carbocycles. The van der Waals surface area contributed by atoms with Crippen molar-refractivity contribution < 1.29 is 14.4 Å². The molecule has 0 bridgehead atoms. The third kappa shape index (κ3) is 6.06. The van der Waals surface area contributed by atoms with Crippen molar-refractivity contribution in [1.82, 2.24) is 15.5 Å². The first-order valence-electron chi connectivity index (χ1n) is 9.65. The molecule has 2 fully saturated rings. The van der Waals surface area contributed by atoms with Gasteiger partial charge in [-0.05, 0) is 37.3 Å². The number of carbonyl (C=O) groups excluding carboxylic acids is 3. The third-order valence-corrected chi connectivity index (χ3v) is 5.25. The highest BCUT2D eigenvalue weighted by atomic mass is 16.2. The highest BCUT2D eigenvalue weighted by molar-refractivity contribution is 5.92. The minimum absolute atomic E-state index is 0.0168. The predicted molar refractivity (Wildman–Crippen MR) is 103 cm³/mol. The molecule has 3 amide bonds. The molecule has 146 valence electrons. The van der Waals surface area contributed by atoms with Crippen LogP contribution in [0.2, 0.25) is 0 Å². The van der Waals surface area contributed by atoms with Crippen molar-refractivity contribution >= 4 is 23.4 Å². The Labute approximate surface area is 159 Å². The highest BCUT2D eigenvalue weighted by Crippen LogP contribution is 2.37. The number of nitrogens with zero attached hydrogens (tertiary/aromatic N) is 1. The van der Waals surface area contributed by atoms with E-state index < -0.39 is 0 Å². The van der Waals surface area contributed by atoms with Gasteiger partial charge >= 0.3 is 0 Å². The zero-order chi connectivity index (χ0) is 19.2. The van der Waals surface area contributed by atoms with Crippen molar-refractivity contribution in [3.8, 4) is 0 Å².